The fraction of sp³-hybridized carbons (Fsp3) is 0.519. The van der Waals surface area contributed by atoms with E-state index in [-0.39, 0.29) is 32.7 Å². The number of hydrogen-bond donors (Lipinski definition) is 5. The van der Waals surface area contributed by atoms with E-state index in [1.807, 2.05) is 0 Å². The van der Waals surface area contributed by atoms with Crippen LogP contribution in [0.4, 0.5) is 20.1 Å². The van der Waals surface area contributed by atoms with Gasteiger partial charge in [0, 0.05) is 32.9 Å². The Kier molecular flexibility index (Phi) is 14.5. The van der Waals surface area contributed by atoms with E-state index in [0.717, 1.165) is 5.56 Å². The van der Waals surface area contributed by atoms with Gasteiger partial charge in [0.05, 0.1) is 6.61 Å². The first kappa shape index (κ1) is 34.5. The highest BCUT2D eigenvalue weighted by atomic mass is 16.6. The number of ether oxygens (including phenoxy) is 3. The van der Waals surface area contributed by atoms with Crippen molar-refractivity contribution in [3.05, 3.63) is 29.3 Å². The van der Waals surface area contributed by atoms with Gasteiger partial charge >= 0.3 is 18.2 Å². The van der Waals surface area contributed by atoms with Crippen LogP contribution in [0.2, 0.25) is 0 Å². The molecule has 6 N–H and O–H groups in total. The third kappa shape index (κ3) is 14.4. The third-order valence-corrected chi connectivity index (χ3v) is 5.18. The van der Waals surface area contributed by atoms with E-state index in [1.165, 1.54) is 19.1 Å². The first-order valence-corrected chi connectivity index (χ1v) is 12.8. The fourth-order valence-electron chi connectivity index (χ4n) is 3.41. The molecule has 0 aliphatic heterocycles. The van der Waals surface area contributed by atoms with Gasteiger partial charge < -0.3 is 46.1 Å². The number of benzene rings is 1. The van der Waals surface area contributed by atoms with Crippen molar-refractivity contribution in [2.24, 2.45) is 5.73 Å². The van der Waals surface area contributed by atoms with Gasteiger partial charge in [-0.2, -0.15) is 0 Å². The number of methoxy groups -OCH3 is 1. The van der Waals surface area contributed by atoms with Crippen molar-refractivity contribution < 1.29 is 38.2 Å². The molecule has 1 aromatic rings. The van der Waals surface area contributed by atoms with Crippen LogP contribution >= 0.6 is 0 Å². The Morgan fingerprint density at radius 1 is 1.12 bits per heavy atom. The highest BCUT2D eigenvalue weighted by Gasteiger charge is 2.23. The summed E-state index contributed by atoms with van der Waals surface area (Å²) < 4.78 is 15.3. The summed E-state index contributed by atoms with van der Waals surface area (Å²) in [5.74, 6) is 1.07. The number of rotatable bonds is 14. The Hall–Kier alpha value is -4.51. The molecule has 0 aliphatic rings. The van der Waals surface area contributed by atoms with Crippen molar-refractivity contribution in [3.63, 3.8) is 0 Å². The molecule has 0 fully saturated rings. The SMILES string of the molecule is C#CCOC(=O)N(C)Cc1cc(NC(=O)C(CCCNC(N)=O)NC(=O)CNC(=O)OC(C)(C)C)ccc1COC. The summed E-state index contributed by atoms with van der Waals surface area (Å²) in [4.78, 5) is 62.1. The molecule has 1 aromatic carbocycles. The summed E-state index contributed by atoms with van der Waals surface area (Å²) in [5.41, 5.74) is 6.20. The van der Waals surface area contributed by atoms with Crippen molar-refractivity contribution in [1.82, 2.24) is 20.9 Å². The first-order chi connectivity index (χ1) is 19.2. The van der Waals surface area contributed by atoms with E-state index in [1.54, 1.807) is 39.0 Å². The number of urea groups is 1. The van der Waals surface area contributed by atoms with Crippen molar-refractivity contribution >= 4 is 35.7 Å². The number of primary amides is 1. The number of nitrogens with two attached hydrogens (primary N) is 1. The number of nitrogens with zero attached hydrogens (tertiary/aromatic N) is 1. The van der Waals surface area contributed by atoms with Crippen LogP contribution in [0.25, 0.3) is 0 Å². The summed E-state index contributed by atoms with van der Waals surface area (Å²) in [6.07, 6.45) is 4.22. The van der Waals surface area contributed by atoms with Crippen LogP contribution in [0, 0.1) is 12.3 Å². The Labute approximate surface area is 240 Å². The first-order valence-electron chi connectivity index (χ1n) is 12.8. The van der Waals surface area contributed by atoms with Crippen molar-refractivity contribution in [2.45, 2.75) is 58.4 Å². The molecular weight excluding hydrogens is 536 g/mol. The molecule has 226 valence electrons. The average molecular weight is 577 g/mol. The maximum atomic E-state index is 13.2. The normalized spacial score (nSPS) is 11.3. The molecule has 6 amide bonds. The summed E-state index contributed by atoms with van der Waals surface area (Å²) in [6, 6.07) is 3.35. The maximum absolute atomic E-state index is 13.2. The second kappa shape index (κ2) is 17.2. The lowest BCUT2D eigenvalue weighted by Crippen LogP contribution is -2.48. The van der Waals surface area contributed by atoms with E-state index in [0.29, 0.717) is 17.7 Å². The number of nitrogens with one attached hydrogen (secondary N) is 4. The van der Waals surface area contributed by atoms with Crippen LogP contribution in [0.15, 0.2) is 18.2 Å². The quantitative estimate of drug-likeness (QED) is 0.162. The monoisotopic (exact) mass is 576 g/mol. The topological polar surface area (TPSA) is 190 Å². The average Bonchev–Trinajstić information content (AvgIpc) is 2.88. The van der Waals surface area contributed by atoms with Gasteiger partial charge in [-0.05, 0) is 56.9 Å². The minimum Gasteiger partial charge on any atom is -0.444 e. The van der Waals surface area contributed by atoms with Gasteiger partial charge in [-0.1, -0.05) is 12.0 Å². The second-order valence-corrected chi connectivity index (χ2v) is 9.93. The van der Waals surface area contributed by atoms with Crippen LogP contribution in [0.1, 0.15) is 44.7 Å². The molecule has 1 atom stereocenters. The summed E-state index contributed by atoms with van der Waals surface area (Å²) in [5, 5.41) is 10.1. The lowest BCUT2D eigenvalue weighted by atomic mass is 10.1. The number of terminal acetylenes is 1. The minimum absolute atomic E-state index is 0.140. The number of hydrogen-bond acceptors (Lipinski definition) is 8. The molecule has 0 radical (unpaired) electrons. The van der Waals surface area contributed by atoms with E-state index in [9.17, 15) is 24.0 Å². The van der Waals surface area contributed by atoms with E-state index in [2.05, 4.69) is 27.2 Å². The third-order valence-electron chi connectivity index (χ3n) is 5.18. The van der Waals surface area contributed by atoms with Crippen LogP contribution < -0.4 is 27.0 Å². The van der Waals surface area contributed by atoms with Crippen molar-refractivity contribution in [2.75, 3.05) is 39.2 Å². The maximum Gasteiger partial charge on any atom is 0.410 e. The largest absolute Gasteiger partial charge is 0.444 e. The van der Waals surface area contributed by atoms with Crippen LogP contribution in [0.3, 0.4) is 0 Å². The molecule has 0 saturated heterocycles. The number of carbonyl (C=O) groups is 5. The van der Waals surface area contributed by atoms with E-state index in [4.69, 9.17) is 26.4 Å². The Morgan fingerprint density at radius 2 is 1.83 bits per heavy atom. The Bertz CT molecular complexity index is 1110. The molecular formula is C27H40N6O8. The molecule has 41 heavy (non-hydrogen) atoms. The molecule has 1 unspecified atom stereocenters. The molecule has 0 spiro atoms. The van der Waals surface area contributed by atoms with E-state index >= 15 is 0 Å². The zero-order valence-corrected chi connectivity index (χ0v) is 24.1. The smallest absolute Gasteiger partial charge is 0.410 e. The summed E-state index contributed by atoms with van der Waals surface area (Å²) in [6.45, 7) is 5.04. The molecule has 0 aliphatic carbocycles. The molecule has 0 aromatic heterocycles. The molecule has 1 rings (SSSR count). The highest BCUT2D eigenvalue weighted by molar-refractivity contribution is 5.97. The molecule has 0 bridgehead atoms. The van der Waals surface area contributed by atoms with Gasteiger partial charge in [-0.15, -0.1) is 6.42 Å². The van der Waals surface area contributed by atoms with Gasteiger partial charge in [0.2, 0.25) is 11.8 Å². The predicted octanol–water partition coefficient (Wildman–Crippen LogP) is 1.43. The van der Waals surface area contributed by atoms with Crippen LogP contribution in [0.5, 0.6) is 0 Å². The second-order valence-electron chi connectivity index (χ2n) is 9.93. The number of carbonyl (C=O) groups excluding carboxylic acids is 5. The van der Waals surface area contributed by atoms with Gasteiger partial charge in [0.15, 0.2) is 6.61 Å². The number of alkyl carbamates (subject to hydrolysis) is 1. The zero-order chi connectivity index (χ0) is 31.0. The van der Waals surface area contributed by atoms with Gasteiger partial charge in [0.1, 0.15) is 18.2 Å². The summed E-state index contributed by atoms with van der Waals surface area (Å²) in [7, 11) is 3.07. The fourth-order valence-corrected chi connectivity index (χ4v) is 3.41. The molecule has 0 saturated carbocycles. The highest BCUT2D eigenvalue weighted by Crippen LogP contribution is 2.19. The Morgan fingerprint density at radius 3 is 2.44 bits per heavy atom. The van der Waals surface area contributed by atoms with Gasteiger partial charge in [-0.25, -0.2) is 14.4 Å². The zero-order valence-electron chi connectivity index (χ0n) is 24.1. The van der Waals surface area contributed by atoms with E-state index < -0.39 is 48.2 Å². The lowest BCUT2D eigenvalue weighted by molar-refractivity contribution is -0.126. The Balaban J connectivity index is 3.00. The molecule has 14 heteroatoms. The van der Waals surface area contributed by atoms with Gasteiger partial charge in [-0.3, -0.25) is 9.59 Å². The number of amides is 6. The number of anilines is 1. The molecule has 14 nitrogen and oxygen atoms in total. The standard InChI is InChI=1S/C27H40N6O8/c1-7-13-40-26(38)33(5)16-19-14-20(11-10-18(19)17-39-6)31-23(35)21(9-8-12-29-24(28)36)32-22(34)15-30-25(37)41-27(2,3)4/h1,10-11,14,21H,8-9,12-13,15-17H2,2-6H3,(H,30,37)(H,31,35)(H,32,34)(H3,28,29,36). The van der Waals surface area contributed by atoms with Crippen LogP contribution in [-0.4, -0.2) is 80.4 Å². The van der Waals surface area contributed by atoms with Gasteiger partial charge in [0.25, 0.3) is 0 Å². The predicted molar refractivity (Wildman–Crippen MR) is 150 cm³/mol. The van der Waals surface area contributed by atoms with Crippen molar-refractivity contribution in [3.8, 4) is 12.3 Å². The lowest BCUT2D eigenvalue weighted by Gasteiger charge is -2.22. The molecule has 0 heterocycles. The minimum atomic E-state index is -1.01. The van der Waals surface area contributed by atoms with Crippen LogP contribution in [-0.2, 0) is 37.0 Å². The van der Waals surface area contributed by atoms with Crippen molar-refractivity contribution in [1.29, 1.82) is 0 Å². The summed E-state index contributed by atoms with van der Waals surface area (Å²) >= 11 is 0.